The number of pyridine rings is 1. The van der Waals surface area contributed by atoms with Gasteiger partial charge < -0.3 is 21.1 Å². The first-order valence-corrected chi connectivity index (χ1v) is 17.5. The fourth-order valence-corrected chi connectivity index (χ4v) is 7.13. The van der Waals surface area contributed by atoms with E-state index in [1.165, 1.54) is 17.3 Å². The molecule has 0 bridgehead atoms. The van der Waals surface area contributed by atoms with Gasteiger partial charge in [-0.05, 0) is 87.6 Å². The van der Waals surface area contributed by atoms with Crippen molar-refractivity contribution < 1.29 is 24.3 Å². The third kappa shape index (κ3) is 6.27. The van der Waals surface area contributed by atoms with Crippen molar-refractivity contribution in [3.05, 3.63) is 105 Å². The van der Waals surface area contributed by atoms with Gasteiger partial charge in [-0.1, -0.05) is 35.3 Å². The maximum Gasteiger partial charge on any atom is 0.270 e. The predicted molar refractivity (Wildman–Crippen MR) is 191 cm³/mol. The second-order valence-corrected chi connectivity index (χ2v) is 14.7. The molecule has 0 unspecified atom stereocenters. The number of nitrogens with one attached hydrogen (secondary N) is 3. The molecular formula is C37H34Cl2N8O5. The zero-order valence-corrected chi connectivity index (χ0v) is 29.8. The Kier molecular flexibility index (Phi) is 8.81. The summed E-state index contributed by atoms with van der Waals surface area (Å²) in [6, 6.07) is 16.6. The lowest BCUT2D eigenvalue weighted by atomic mass is 9.91. The lowest BCUT2D eigenvalue weighted by molar-refractivity contribution is -0.125. The van der Waals surface area contributed by atoms with Gasteiger partial charge >= 0.3 is 0 Å². The first-order valence-electron chi connectivity index (χ1n) is 16.7. The van der Waals surface area contributed by atoms with Crippen molar-refractivity contribution in [2.45, 2.75) is 68.6 Å². The zero-order chi connectivity index (χ0) is 37.0. The maximum absolute atomic E-state index is 14.4. The van der Waals surface area contributed by atoms with Crippen LogP contribution in [0, 0.1) is 11.3 Å². The van der Waals surface area contributed by atoms with E-state index < -0.39 is 28.6 Å². The van der Waals surface area contributed by atoms with Crippen molar-refractivity contribution in [3.63, 3.8) is 0 Å². The summed E-state index contributed by atoms with van der Waals surface area (Å²) >= 11 is 12.6. The van der Waals surface area contributed by atoms with Gasteiger partial charge in [0, 0.05) is 28.7 Å². The standard InChI is InChI=1S/C37H34Cl2N8O5/c1-21(20-48)43-30(49)24-7-8-29(41-18-24)36(9-10-36)45-32(51)37(11-12-37)44-31(50)28-19-42-34-46(27-14-25(38)13-26(39)15-27)33(52)35(2,47(28)34)16-22-3-5-23(17-40)6-4-22/h3-8,13-15,18-19,21,48H,9-12,16,20H2,1-2H3,(H,43,49)(H,44,50)(H,45,51)/t21-,35+/m0/s1. The molecule has 3 aliphatic rings. The van der Waals surface area contributed by atoms with E-state index in [0.717, 1.165) is 5.56 Å². The summed E-state index contributed by atoms with van der Waals surface area (Å²) < 4.78 is 1.58. The molecule has 7 rings (SSSR count). The van der Waals surface area contributed by atoms with Gasteiger partial charge in [-0.15, -0.1) is 0 Å². The van der Waals surface area contributed by atoms with Gasteiger partial charge in [0.15, 0.2) is 0 Å². The smallest absolute Gasteiger partial charge is 0.270 e. The zero-order valence-electron chi connectivity index (χ0n) is 28.2. The van der Waals surface area contributed by atoms with Gasteiger partial charge in [0.05, 0.1) is 46.9 Å². The van der Waals surface area contributed by atoms with E-state index in [-0.39, 0.29) is 42.4 Å². The lowest BCUT2D eigenvalue weighted by Gasteiger charge is -2.27. The first-order chi connectivity index (χ1) is 24.8. The third-order valence-electron chi connectivity index (χ3n) is 9.88. The third-order valence-corrected chi connectivity index (χ3v) is 10.3. The predicted octanol–water partition coefficient (Wildman–Crippen LogP) is 4.27. The number of aromatic nitrogens is 3. The second kappa shape index (κ2) is 13.0. The highest BCUT2D eigenvalue weighted by molar-refractivity contribution is 6.35. The summed E-state index contributed by atoms with van der Waals surface area (Å²) in [6.45, 7) is 3.21. The van der Waals surface area contributed by atoms with Crippen LogP contribution in [0.1, 0.15) is 77.2 Å². The Morgan fingerprint density at radius 1 is 0.962 bits per heavy atom. The van der Waals surface area contributed by atoms with Crippen LogP contribution in [0.2, 0.25) is 10.0 Å². The molecule has 15 heteroatoms. The molecule has 13 nitrogen and oxygen atoms in total. The van der Waals surface area contributed by atoms with Gasteiger partial charge in [-0.25, -0.2) is 9.88 Å². The van der Waals surface area contributed by atoms with Crippen molar-refractivity contribution in [2.24, 2.45) is 0 Å². The molecule has 2 aromatic carbocycles. The van der Waals surface area contributed by atoms with Gasteiger partial charge in [0.1, 0.15) is 16.8 Å². The number of rotatable bonds is 11. The van der Waals surface area contributed by atoms with Gasteiger partial charge in [-0.2, -0.15) is 5.26 Å². The number of amides is 4. The molecule has 266 valence electrons. The second-order valence-electron chi connectivity index (χ2n) is 13.9. The molecule has 4 aromatic rings. The molecule has 3 heterocycles. The van der Waals surface area contributed by atoms with E-state index in [9.17, 15) is 29.5 Å². The molecule has 4 amide bonds. The lowest BCUT2D eigenvalue weighted by Crippen LogP contribution is -2.52. The highest BCUT2D eigenvalue weighted by Gasteiger charge is 2.57. The number of halogens is 2. The molecule has 52 heavy (non-hydrogen) atoms. The SMILES string of the molecule is C[C@@H](CO)NC(=O)c1ccc(C2(NC(=O)C3(NC(=O)c4cnc5n4[C@](C)(Cc4ccc(C#N)cc4)C(=O)N5c4cc(Cl)cc(Cl)c4)CC3)CC2)nc1. The Balaban J connectivity index is 1.14. The summed E-state index contributed by atoms with van der Waals surface area (Å²) in [5.74, 6) is -1.49. The number of fused-ring (bicyclic) bond motifs is 1. The van der Waals surface area contributed by atoms with Gasteiger partial charge in [0.2, 0.25) is 11.9 Å². The van der Waals surface area contributed by atoms with Crippen LogP contribution in [0.15, 0.2) is 67.0 Å². The van der Waals surface area contributed by atoms with Crippen LogP contribution in [0.4, 0.5) is 11.6 Å². The number of benzene rings is 2. The summed E-state index contributed by atoms with van der Waals surface area (Å²) in [7, 11) is 0. The number of hydrogen-bond acceptors (Lipinski definition) is 8. The molecule has 2 fully saturated rings. The average molecular weight is 742 g/mol. The fraction of sp³-hybridized carbons (Fsp3) is 0.324. The van der Waals surface area contributed by atoms with Crippen molar-refractivity contribution in [1.29, 1.82) is 5.26 Å². The molecule has 2 aromatic heterocycles. The average Bonchev–Trinajstić information content (AvgIpc) is 4.03. The molecule has 4 N–H and O–H groups in total. The van der Waals surface area contributed by atoms with Crippen molar-refractivity contribution >= 4 is 58.5 Å². The number of aliphatic hydroxyl groups is 1. The van der Waals surface area contributed by atoms with Crippen LogP contribution in [0.5, 0.6) is 0 Å². The fourth-order valence-electron chi connectivity index (χ4n) is 6.61. The Bertz CT molecular complexity index is 2140. The number of nitriles is 1. The Hall–Kier alpha value is -5.29. The molecule has 2 saturated carbocycles. The van der Waals surface area contributed by atoms with Gasteiger partial charge in [-0.3, -0.25) is 28.7 Å². The van der Waals surface area contributed by atoms with Crippen LogP contribution in [-0.2, 0) is 27.1 Å². The number of carbonyl (C=O) groups is 4. The summed E-state index contributed by atoms with van der Waals surface area (Å²) in [5, 5.41) is 27.9. The summed E-state index contributed by atoms with van der Waals surface area (Å²) in [5.41, 5.74) is -0.646. The Morgan fingerprint density at radius 2 is 1.65 bits per heavy atom. The number of nitrogens with zero attached hydrogens (tertiary/aromatic N) is 5. The van der Waals surface area contributed by atoms with Crippen LogP contribution in [-0.4, -0.2) is 61.5 Å². The number of imidazole rings is 1. The molecule has 2 atom stereocenters. The first kappa shape index (κ1) is 35.1. The number of anilines is 2. The highest BCUT2D eigenvalue weighted by Crippen LogP contribution is 2.47. The van der Waals surface area contributed by atoms with E-state index in [4.69, 9.17) is 23.2 Å². The van der Waals surface area contributed by atoms with Crippen molar-refractivity contribution in [2.75, 3.05) is 11.5 Å². The highest BCUT2D eigenvalue weighted by atomic mass is 35.5. The minimum atomic E-state index is -1.34. The Morgan fingerprint density at radius 3 is 2.23 bits per heavy atom. The maximum atomic E-state index is 14.4. The van der Waals surface area contributed by atoms with Crippen LogP contribution in [0.3, 0.4) is 0 Å². The normalized spacial score (nSPS) is 19.6. The largest absolute Gasteiger partial charge is 0.394 e. The summed E-state index contributed by atoms with van der Waals surface area (Å²) in [4.78, 5) is 65.2. The van der Waals surface area contributed by atoms with E-state index in [2.05, 4.69) is 32.0 Å². The topological polar surface area (TPSA) is 182 Å². The number of aliphatic hydroxyl groups excluding tert-OH is 1. The molecule has 1 aliphatic heterocycles. The Labute approximate surface area is 308 Å². The van der Waals surface area contributed by atoms with Crippen molar-refractivity contribution in [3.8, 4) is 6.07 Å². The quantitative estimate of drug-likeness (QED) is 0.176. The van der Waals surface area contributed by atoms with Crippen molar-refractivity contribution in [1.82, 2.24) is 30.5 Å². The van der Waals surface area contributed by atoms with E-state index in [1.807, 2.05) is 0 Å². The van der Waals surface area contributed by atoms with E-state index in [0.29, 0.717) is 58.2 Å². The van der Waals surface area contributed by atoms with Gasteiger partial charge in [0.25, 0.3) is 17.7 Å². The van der Waals surface area contributed by atoms with Crippen LogP contribution >= 0.6 is 23.2 Å². The summed E-state index contributed by atoms with van der Waals surface area (Å²) in [6.07, 6.45) is 5.07. The monoisotopic (exact) mass is 740 g/mol. The van der Waals surface area contributed by atoms with E-state index in [1.54, 1.807) is 73.0 Å². The molecule has 0 saturated heterocycles. The minimum absolute atomic E-state index is 0.0846. The molecule has 0 spiro atoms. The molecule has 0 radical (unpaired) electrons. The van der Waals surface area contributed by atoms with Crippen LogP contribution in [0.25, 0.3) is 0 Å². The minimum Gasteiger partial charge on any atom is -0.394 e. The van der Waals surface area contributed by atoms with E-state index >= 15 is 0 Å². The number of carbonyl (C=O) groups excluding carboxylic acids is 4. The number of hydrogen-bond donors (Lipinski definition) is 4. The molecular weight excluding hydrogens is 707 g/mol. The molecule has 2 aliphatic carbocycles. The van der Waals surface area contributed by atoms with Crippen LogP contribution < -0.4 is 20.9 Å².